The first-order valence-electron chi connectivity index (χ1n) is 10.9. The van der Waals surface area contributed by atoms with E-state index in [9.17, 15) is 26.4 Å². The zero-order valence-electron chi connectivity index (χ0n) is 17.5. The largest absolute Gasteiger partial charge is 0.416 e. The summed E-state index contributed by atoms with van der Waals surface area (Å²) in [5.74, 6) is -0.0799. The predicted octanol–water partition coefficient (Wildman–Crippen LogP) is 4.13. The Morgan fingerprint density at radius 3 is 2.42 bits per heavy atom. The van der Waals surface area contributed by atoms with Gasteiger partial charge in [-0.2, -0.15) is 17.5 Å². The summed E-state index contributed by atoms with van der Waals surface area (Å²) in [6, 6.07) is 3.73. The average Bonchev–Trinajstić information content (AvgIpc) is 3.18. The zero-order chi connectivity index (χ0) is 22.5. The van der Waals surface area contributed by atoms with E-state index in [0.717, 1.165) is 37.8 Å². The summed E-state index contributed by atoms with van der Waals surface area (Å²) < 4.78 is 65.5. The molecule has 3 rings (SSSR count). The van der Waals surface area contributed by atoms with Crippen molar-refractivity contribution >= 4 is 16.1 Å². The van der Waals surface area contributed by atoms with Gasteiger partial charge in [-0.25, -0.2) is 13.2 Å². The topological polar surface area (TPSA) is 78.5 Å². The van der Waals surface area contributed by atoms with Gasteiger partial charge in [0.15, 0.2) is 0 Å². The van der Waals surface area contributed by atoms with Gasteiger partial charge in [-0.15, -0.1) is 0 Å². The molecule has 0 spiro atoms. The normalized spacial score (nSPS) is 22.0. The van der Waals surface area contributed by atoms with Gasteiger partial charge in [0.25, 0.3) is 0 Å². The van der Waals surface area contributed by atoms with E-state index in [-0.39, 0.29) is 36.0 Å². The van der Waals surface area contributed by atoms with Crippen molar-refractivity contribution in [2.45, 2.75) is 68.5 Å². The number of urea groups is 1. The average molecular weight is 462 g/mol. The molecule has 1 aromatic carbocycles. The van der Waals surface area contributed by atoms with Crippen molar-refractivity contribution in [3.05, 3.63) is 29.8 Å². The zero-order valence-corrected chi connectivity index (χ0v) is 18.3. The number of carbonyl (C=O) groups excluding carboxylic acids is 1. The number of nitrogens with zero attached hydrogens (tertiary/aromatic N) is 1. The van der Waals surface area contributed by atoms with Crippen molar-refractivity contribution in [1.82, 2.24) is 14.9 Å². The van der Waals surface area contributed by atoms with Gasteiger partial charge >= 0.3 is 12.2 Å². The third-order valence-electron chi connectivity index (χ3n) is 6.04. The summed E-state index contributed by atoms with van der Waals surface area (Å²) in [5.41, 5.74) is -0.989. The second kappa shape index (κ2) is 10.2. The van der Waals surface area contributed by atoms with Crippen LogP contribution >= 0.6 is 0 Å². The van der Waals surface area contributed by atoms with E-state index >= 15 is 0 Å². The van der Waals surface area contributed by atoms with Crippen LogP contribution in [-0.4, -0.2) is 44.4 Å². The first-order chi connectivity index (χ1) is 14.7. The summed E-state index contributed by atoms with van der Waals surface area (Å²) in [7, 11) is -4.02. The lowest BCUT2D eigenvalue weighted by Crippen LogP contribution is -2.44. The van der Waals surface area contributed by atoms with Gasteiger partial charge in [0.05, 0.1) is 10.5 Å². The number of amides is 2. The Kier molecular flexibility index (Phi) is 7.85. The fourth-order valence-corrected chi connectivity index (χ4v) is 5.82. The van der Waals surface area contributed by atoms with Crippen LogP contribution in [0.2, 0.25) is 0 Å². The minimum atomic E-state index is -4.60. The number of alkyl halides is 3. The van der Waals surface area contributed by atoms with Crippen molar-refractivity contribution in [3.63, 3.8) is 0 Å². The summed E-state index contributed by atoms with van der Waals surface area (Å²) in [4.78, 5) is 11.9. The summed E-state index contributed by atoms with van der Waals surface area (Å²) in [5, 5.41) is 5.84. The van der Waals surface area contributed by atoms with Crippen molar-refractivity contribution in [1.29, 1.82) is 0 Å². The number of rotatable bonds is 5. The molecule has 1 saturated carbocycles. The second-order valence-electron chi connectivity index (χ2n) is 8.44. The van der Waals surface area contributed by atoms with Crippen molar-refractivity contribution in [2.24, 2.45) is 5.92 Å². The van der Waals surface area contributed by atoms with Crippen LogP contribution < -0.4 is 10.6 Å². The number of nitrogens with one attached hydrogen (secondary N) is 2. The molecule has 0 radical (unpaired) electrons. The van der Waals surface area contributed by atoms with Gasteiger partial charge in [0, 0.05) is 25.7 Å². The van der Waals surface area contributed by atoms with E-state index in [2.05, 4.69) is 10.6 Å². The van der Waals surface area contributed by atoms with Gasteiger partial charge in [0.2, 0.25) is 10.0 Å². The van der Waals surface area contributed by atoms with Gasteiger partial charge < -0.3 is 10.6 Å². The molecule has 1 unspecified atom stereocenters. The van der Waals surface area contributed by atoms with Crippen LogP contribution in [0.25, 0.3) is 0 Å². The highest BCUT2D eigenvalue weighted by Gasteiger charge is 2.35. The van der Waals surface area contributed by atoms with E-state index in [1.165, 1.54) is 29.6 Å². The monoisotopic (exact) mass is 461 g/mol. The van der Waals surface area contributed by atoms with Crippen LogP contribution in [0.4, 0.5) is 18.0 Å². The maximum Gasteiger partial charge on any atom is 0.416 e. The molecule has 10 heteroatoms. The van der Waals surface area contributed by atoms with Crippen molar-refractivity contribution in [2.75, 3.05) is 19.6 Å². The standard InChI is InChI=1S/C21H30F3N3O3S/c22-21(23,24)17-7-6-10-19(13-17)31(29,30)27-12-11-16(15-27)14-25-20(28)26-18-8-4-2-1-3-5-9-18/h6-7,10,13,16,18H,1-5,8-9,11-12,14-15H2,(H2,25,26,28). The number of hydrogen-bond donors (Lipinski definition) is 2. The lowest BCUT2D eigenvalue weighted by molar-refractivity contribution is -0.137. The molecule has 2 amide bonds. The molecule has 2 N–H and O–H groups in total. The maximum atomic E-state index is 12.9. The molecular weight excluding hydrogens is 431 g/mol. The van der Waals surface area contributed by atoms with Gasteiger partial charge in [0.1, 0.15) is 0 Å². The van der Waals surface area contributed by atoms with Crippen LogP contribution in [0, 0.1) is 5.92 Å². The highest BCUT2D eigenvalue weighted by molar-refractivity contribution is 7.89. The number of halogens is 3. The quantitative estimate of drug-likeness (QED) is 0.692. The van der Waals surface area contributed by atoms with E-state index in [0.29, 0.717) is 19.0 Å². The maximum absolute atomic E-state index is 12.9. The molecule has 1 heterocycles. The van der Waals surface area contributed by atoms with E-state index in [1.807, 2.05) is 0 Å². The molecule has 1 atom stereocenters. The molecule has 1 aliphatic heterocycles. The molecular formula is C21H30F3N3O3S. The van der Waals surface area contributed by atoms with Crippen molar-refractivity contribution in [3.8, 4) is 0 Å². The first-order valence-corrected chi connectivity index (χ1v) is 12.3. The second-order valence-corrected chi connectivity index (χ2v) is 10.4. The Labute approximate surface area is 181 Å². The van der Waals surface area contributed by atoms with Crippen LogP contribution in [0.3, 0.4) is 0 Å². The van der Waals surface area contributed by atoms with Crippen LogP contribution in [0.1, 0.15) is 56.9 Å². The molecule has 1 aliphatic carbocycles. The smallest absolute Gasteiger partial charge is 0.338 e. The Bertz CT molecular complexity index is 853. The van der Waals surface area contributed by atoms with E-state index in [1.54, 1.807) is 0 Å². The van der Waals surface area contributed by atoms with Crippen LogP contribution in [0.5, 0.6) is 0 Å². The Balaban J connectivity index is 1.51. The minimum absolute atomic E-state index is 0.0799. The SMILES string of the molecule is O=C(NCC1CCN(S(=O)(=O)c2cccc(C(F)(F)F)c2)C1)NC1CCCCCCC1. The molecule has 2 aliphatic rings. The fraction of sp³-hybridized carbons (Fsp3) is 0.667. The molecule has 31 heavy (non-hydrogen) atoms. The fourth-order valence-electron chi connectivity index (χ4n) is 4.24. The third kappa shape index (κ3) is 6.58. The summed E-state index contributed by atoms with van der Waals surface area (Å²) in [6.07, 6.45) is 3.73. The number of sulfonamides is 1. The highest BCUT2D eigenvalue weighted by atomic mass is 32.2. The summed E-state index contributed by atoms with van der Waals surface area (Å²) in [6.45, 7) is 0.713. The molecule has 1 saturated heterocycles. The van der Waals surface area contributed by atoms with Crippen LogP contribution in [-0.2, 0) is 16.2 Å². The highest BCUT2D eigenvalue weighted by Crippen LogP contribution is 2.32. The molecule has 0 bridgehead atoms. The Hall–Kier alpha value is -1.81. The number of carbonyl (C=O) groups is 1. The number of benzene rings is 1. The van der Waals surface area contributed by atoms with Crippen molar-refractivity contribution < 1.29 is 26.4 Å². The Morgan fingerprint density at radius 1 is 1.06 bits per heavy atom. The Morgan fingerprint density at radius 2 is 1.74 bits per heavy atom. The van der Waals surface area contributed by atoms with Gasteiger partial charge in [-0.3, -0.25) is 0 Å². The molecule has 6 nitrogen and oxygen atoms in total. The molecule has 174 valence electrons. The lowest BCUT2D eigenvalue weighted by atomic mass is 9.97. The molecule has 0 aromatic heterocycles. The van der Waals surface area contributed by atoms with E-state index in [4.69, 9.17) is 0 Å². The predicted molar refractivity (Wildman–Crippen MR) is 111 cm³/mol. The number of hydrogen-bond acceptors (Lipinski definition) is 3. The molecule has 1 aromatic rings. The molecule has 2 fully saturated rings. The van der Waals surface area contributed by atoms with Gasteiger partial charge in [-0.05, 0) is 43.4 Å². The van der Waals surface area contributed by atoms with E-state index < -0.39 is 21.8 Å². The summed E-state index contributed by atoms with van der Waals surface area (Å²) >= 11 is 0. The third-order valence-corrected chi connectivity index (χ3v) is 7.90. The van der Waals surface area contributed by atoms with Crippen LogP contribution in [0.15, 0.2) is 29.2 Å². The van der Waals surface area contributed by atoms with Gasteiger partial charge in [-0.1, -0.05) is 38.2 Å². The minimum Gasteiger partial charge on any atom is -0.338 e. The lowest BCUT2D eigenvalue weighted by Gasteiger charge is -2.22. The first kappa shape index (κ1) is 23.8.